The van der Waals surface area contributed by atoms with E-state index >= 15 is 0 Å². The van der Waals surface area contributed by atoms with Gasteiger partial charge in [0.1, 0.15) is 13.1 Å². The highest BCUT2D eigenvalue weighted by molar-refractivity contribution is 5.91. The summed E-state index contributed by atoms with van der Waals surface area (Å²) in [6.45, 7) is 11.8. The van der Waals surface area contributed by atoms with Gasteiger partial charge in [-0.1, -0.05) is 32.9 Å². The molecule has 28 heavy (non-hydrogen) atoms. The Morgan fingerprint density at radius 1 is 1.04 bits per heavy atom. The van der Waals surface area contributed by atoms with Crippen LogP contribution >= 0.6 is 0 Å². The molecule has 1 fully saturated rings. The van der Waals surface area contributed by atoms with Crippen LogP contribution in [-0.2, 0) is 14.3 Å². The van der Waals surface area contributed by atoms with Gasteiger partial charge in [0.05, 0.1) is 19.8 Å². The summed E-state index contributed by atoms with van der Waals surface area (Å²) in [4.78, 5) is 25.8. The van der Waals surface area contributed by atoms with Gasteiger partial charge in [-0.05, 0) is 29.5 Å². The topological polar surface area (TPSA) is 71.9 Å². The molecule has 1 aliphatic heterocycles. The first kappa shape index (κ1) is 22.4. The number of ether oxygens (including phenoxy) is 1. The normalized spacial score (nSPS) is 16.0. The zero-order chi connectivity index (χ0) is 20.4. The van der Waals surface area contributed by atoms with Crippen LogP contribution in [0.3, 0.4) is 0 Å². The summed E-state index contributed by atoms with van der Waals surface area (Å²) in [5, 5.41) is 5.89. The molecule has 0 radical (unpaired) electrons. The molecular weight excluding hydrogens is 354 g/mol. The standard InChI is InChI=1S/C22H35N3O3/c1-17(2)19-5-7-20(8-6-19)24-22(27)16-18(3)15-21(26)23-9-4-10-25-11-13-28-14-12-25/h5-8,17-18H,4,9-16H2,1-3H3,(H,23,26)(H,24,27)/p+1/t18-/m1/s1. The Hall–Kier alpha value is -1.92. The van der Waals surface area contributed by atoms with Crippen molar-refractivity contribution in [2.75, 3.05) is 44.7 Å². The number of benzene rings is 1. The van der Waals surface area contributed by atoms with Crippen molar-refractivity contribution in [3.05, 3.63) is 29.8 Å². The number of morpholine rings is 1. The molecule has 1 aromatic carbocycles. The molecular formula is C22H36N3O3+. The molecule has 0 unspecified atom stereocenters. The molecule has 0 aromatic heterocycles. The third-order valence-electron chi connectivity index (χ3n) is 5.16. The maximum Gasteiger partial charge on any atom is 0.224 e. The van der Waals surface area contributed by atoms with Crippen LogP contribution in [0.25, 0.3) is 0 Å². The maximum atomic E-state index is 12.2. The highest BCUT2D eigenvalue weighted by Gasteiger charge is 2.15. The van der Waals surface area contributed by atoms with Gasteiger partial charge in [0.15, 0.2) is 0 Å². The van der Waals surface area contributed by atoms with Gasteiger partial charge in [0.2, 0.25) is 11.8 Å². The molecule has 0 aliphatic carbocycles. The zero-order valence-electron chi connectivity index (χ0n) is 17.6. The minimum atomic E-state index is -0.0477. The van der Waals surface area contributed by atoms with Gasteiger partial charge in [-0.3, -0.25) is 9.59 Å². The van der Waals surface area contributed by atoms with Crippen molar-refractivity contribution < 1.29 is 19.2 Å². The second kappa shape index (κ2) is 11.8. The summed E-state index contributed by atoms with van der Waals surface area (Å²) < 4.78 is 5.35. The van der Waals surface area contributed by atoms with E-state index in [1.54, 1.807) is 4.90 Å². The number of carbonyl (C=O) groups is 2. The number of anilines is 1. The van der Waals surface area contributed by atoms with Gasteiger partial charge in [0.25, 0.3) is 0 Å². The Morgan fingerprint density at radius 2 is 1.68 bits per heavy atom. The van der Waals surface area contributed by atoms with Gasteiger partial charge in [-0.25, -0.2) is 0 Å². The molecule has 0 spiro atoms. The maximum absolute atomic E-state index is 12.2. The Kier molecular flexibility index (Phi) is 9.44. The van der Waals surface area contributed by atoms with Crippen LogP contribution in [0.1, 0.15) is 51.5 Å². The van der Waals surface area contributed by atoms with Crippen LogP contribution in [0.2, 0.25) is 0 Å². The number of amides is 2. The quantitative estimate of drug-likeness (QED) is 0.531. The van der Waals surface area contributed by atoms with Crippen LogP contribution < -0.4 is 15.5 Å². The second-order valence-electron chi connectivity index (χ2n) is 8.15. The Labute approximate surface area is 169 Å². The Balaban J connectivity index is 1.60. The SMILES string of the molecule is CC(C)c1ccc(NC(=O)C[C@H](C)CC(=O)NCCC[NH+]2CCOCC2)cc1. The molecule has 1 atom stereocenters. The van der Waals surface area contributed by atoms with Crippen molar-refractivity contribution in [1.29, 1.82) is 0 Å². The fourth-order valence-corrected chi connectivity index (χ4v) is 3.42. The monoisotopic (exact) mass is 390 g/mol. The van der Waals surface area contributed by atoms with Crippen molar-refractivity contribution in [3.8, 4) is 0 Å². The van der Waals surface area contributed by atoms with E-state index in [1.165, 1.54) is 5.56 Å². The average molecular weight is 391 g/mol. The predicted molar refractivity (Wildman–Crippen MR) is 112 cm³/mol. The van der Waals surface area contributed by atoms with E-state index in [4.69, 9.17) is 4.74 Å². The van der Waals surface area contributed by atoms with Crippen LogP contribution in [0, 0.1) is 5.92 Å². The minimum absolute atomic E-state index is 0.0137. The van der Waals surface area contributed by atoms with Gasteiger partial charge < -0.3 is 20.3 Å². The van der Waals surface area contributed by atoms with E-state index < -0.39 is 0 Å². The summed E-state index contributed by atoms with van der Waals surface area (Å²) in [5.41, 5.74) is 2.05. The van der Waals surface area contributed by atoms with Crippen molar-refractivity contribution >= 4 is 17.5 Å². The molecule has 2 rings (SSSR count). The van der Waals surface area contributed by atoms with Gasteiger partial charge in [0, 0.05) is 31.5 Å². The van der Waals surface area contributed by atoms with E-state index in [2.05, 4.69) is 24.5 Å². The molecule has 6 heteroatoms. The molecule has 3 N–H and O–H groups in total. The lowest BCUT2D eigenvalue weighted by Gasteiger charge is -2.23. The van der Waals surface area contributed by atoms with Crippen molar-refractivity contribution in [1.82, 2.24) is 5.32 Å². The smallest absolute Gasteiger partial charge is 0.224 e. The van der Waals surface area contributed by atoms with Crippen molar-refractivity contribution in [2.24, 2.45) is 5.92 Å². The van der Waals surface area contributed by atoms with Crippen LogP contribution in [0.5, 0.6) is 0 Å². The number of hydrogen-bond donors (Lipinski definition) is 3. The molecule has 1 heterocycles. The largest absolute Gasteiger partial charge is 0.370 e. The molecule has 0 bridgehead atoms. The summed E-state index contributed by atoms with van der Waals surface area (Å²) in [7, 11) is 0. The van der Waals surface area contributed by atoms with E-state index in [0.29, 0.717) is 25.3 Å². The lowest BCUT2D eigenvalue weighted by molar-refractivity contribution is -0.908. The lowest BCUT2D eigenvalue weighted by Crippen LogP contribution is -3.14. The zero-order valence-corrected chi connectivity index (χ0v) is 17.6. The predicted octanol–water partition coefficient (Wildman–Crippen LogP) is 1.59. The fourth-order valence-electron chi connectivity index (χ4n) is 3.42. The number of hydrogen-bond acceptors (Lipinski definition) is 3. The first-order valence-electron chi connectivity index (χ1n) is 10.5. The van der Waals surface area contributed by atoms with Crippen molar-refractivity contribution in [3.63, 3.8) is 0 Å². The Bertz CT molecular complexity index is 610. The summed E-state index contributed by atoms with van der Waals surface area (Å²) in [5.74, 6) is 0.463. The van der Waals surface area contributed by atoms with Crippen LogP contribution in [0.15, 0.2) is 24.3 Å². The molecule has 6 nitrogen and oxygen atoms in total. The summed E-state index contributed by atoms with van der Waals surface area (Å²) in [6, 6.07) is 7.94. The van der Waals surface area contributed by atoms with Crippen LogP contribution in [-0.4, -0.2) is 51.2 Å². The highest BCUT2D eigenvalue weighted by atomic mass is 16.5. The highest BCUT2D eigenvalue weighted by Crippen LogP contribution is 2.18. The first-order chi connectivity index (χ1) is 13.4. The van der Waals surface area contributed by atoms with Gasteiger partial charge >= 0.3 is 0 Å². The molecule has 1 saturated heterocycles. The second-order valence-corrected chi connectivity index (χ2v) is 8.15. The number of quaternary nitrogens is 1. The summed E-state index contributed by atoms with van der Waals surface area (Å²) in [6.07, 6.45) is 1.70. The van der Waals surface area contributed by atoms with Crippen molar-refractivity contribution in [2.45, 2.75) is 46.0 Å². The molecule has 1 aliphatic rings. The van der Waals surface area contributed by atoms with E-state index in [9.17, 15) is 9.59 Å². The molecule has 156 valence electrons. The Morgan fingerprint density at radius 3 is 2.32 bits per heavy atom. The van der Waals surface area contributed by atoms with E-state index in [0.717, 1.165) is 45.0 Å². The molecule has 0 saturated carbocycles. The molecule has 2 amide bonds. The number of carbonyl (C=O) groups excluding carboxylic acids is 2. The van der Waals surface area contributed by atoms with E-state index in [-0.39, 0.29) is 17.7 Å². The van der Waals surface area contributed by atoms with E-state index in [1.807, 2.05) is 31.2 Å². The molecule has 1 aromatic rings. The third kappa shape index (κ3) is 8.40. The lowest BCUT2D eigenvalue weighted by atomic mass is 10.0. The fraction of sp³-hybridized carbons (Fsp3) is 0.636. The average Bonchev–Trinajstić information content (AvgIpc) is 2.66. The van der Waals surface area contributed by atoms with Gasteiger partial charge in [-0.2, -0.15) is 0 Å². The summed E-state index contributed by atoms with van der Waals surface area (Å²) >= 11 is 0. The van der Waals surface area contributed by atoms with Gasteiger partial charge in [-0.15, -0.1) is 0 Å². The third-order valence-corrected chi connectivity index (χ3v) is 5.16. The van der Waals surface area contributed by atoms with Crippen LogP contribution in [0.4, 0.5) is 5.69 Å². The first-order valence-corrected chi connectivity index (χ1v) is 10.5. The minimum Gasteiger partial charge on any atom is -0.370 e. The number of nitrogens with one attached hydrogen (secondary N) is 3. The number of rotatable bonds is 10.